The van der Waals surface area contributed by atoms with Gasteiger partial charge in [-0.05, 0) is 44.6 Å². The van der Waals surface area contributed by atoms with Crippen molar-refractivity contribution in [2.24, 2.45) is 5.92 Å². The maximum absolute atomic E-state index is 5.68. The summed E-state index contributed by atoms with van der Waals surface area (Å²) >= 11 is 0. The molecule has 1 N–H and O–H groups in total. The Labute approximate surface area is 87.4 Å². The smallest absolute Gasteiger partial charge is 0.0590 e. The van der Waals surface area contributed by atoms with Gasteiger partial charge in [0, 0.05) is 12.6 Å². The van der Waals surface area contributed by atoms with Crippen LogP contribution in [0.4, 0.5) is 0 Å². The van der Waals surface area contributed by atoms with Crippen molar-refractivity contribution in [1.29, 1.82) is 0 Å². The zero-order valence-corrected chi connectivity index (χ0v) is 9.30. The van der Waals surface area contributed by atoms with E-state index in [0.29, 0.717) is 6.10 Å². The Kier molecular flexibility index (Phi) is 3.82. The third kappa shape index (κ3) is 2.71. The third-order valence-electron chi connectivity index (χ3n) is 3.75. The molecule has 2 heteroatoms. The summed E-state index contributed by atoms with van der Waals surface area (Å²) in [5.41, 5.74) is 0. The summed E-state index contributed by atoms with van der Waals surface area (Å²) in [4.78, 5) is 0. The lowest BCUT2D eigenvalue weighted by Crippen LogP contribution is -2.40. The van der Waals surface area contributed by atoms with E-state index < -0.39 is 0 Å². The van der Waals surface area contributed by atoms with E-state index in [0.717, 1.165) is 18.6 Å². The Morgan fingerprint density at radius 1 is 1.36 bits per heavy atom. The van der Waals surface area contributed by atoms with Gasteiger partial charge in [-0.1, -0.05) is 13.3 Å². The summed E-state index contributed by atoms with van der Waals surface area (Å²) in [5, 5.41) is 3.63. The lowest BCUT2D eigenvalue weighted by Gasteiger charge is -2.31. The monoisotopic (exact) mass is 197 g/mol. The number of hydrogen-bond acceptors (Lipinski definition) is 2. The Morgan fingerprint density at radius 2 is 2.29 bits per heavy atom. The van der Waals surface area contributed by atoms with Crippen molar-refractivity contribution in [3.8, 4) is 0 Å². The lowest BCUT2D eigenvalue weighted by atomic mass is 9.88. The highest BCUT2D eigenvalue weighted by atomic mass is 16.5. The molecule has 0 aromatic heterocycles. The molecule has 0 amide bonds. The highest BCUT2D eigenvalue weighted by molar-refractivity contribution is 4.81. The van der Waals surface area contributed by atoms with Crippen LogP contribution in [0.1, 0.15) is 45.4 Å². The van der Waals surface area contributed by atoms with Crippen LogP contribution in [0.3, 0.4) is 0 Å². The fourth-order valence-electron chi connectivity index (χ4n) is 2.79. The van der Waals surface area contributed by atoms with Crippen LogP contribution in [0.2, 0.25) is 0 Å². The van der Waals surface area contributed by atoms with E-state index >= 15 is 0 Å². The van der Waals surface area contributed by atoms with E-state index in [4.69, 9.17) is 4.74 Å². The second kappa shape index (κ2) is 5.13. The van der Waals surface area contributed by atoms with Crippen LogP contribution < -0.4 is 5.32 Å². The Hall–Kier alpha value is -0.0800. The van der Waals surface area contributed by atoms with Gasteiger partial charge in [0.2, 0.25) is 0 Å². The molecule has 82 valence electrons. The predicted molar refractivity (Wildman–Crippen MR) is 58.4 cm³/mol. The molecule has 3 atom stereocenters. The highest BCUT2D eigenvalue weighted by Crippen LogP contribution is 2.25. The molecule has 0 aromatic rings. The van der Waals surface area contributed by atoms with Gasteiger partial charge in [-0.25, -0.2) is 0 Å². The molecule has 0 radical (unpaired) electrons. The second-order valence-electron chi connectivity index (χ2n) is 4.82. The molecule has 0 aliphatic carbocycles. The van der Waals surface area contributed by atoms with Crippen LogP contribution in [-0.4, -0.2) is 25.3 Å². The quantitative estimate of drug-likeness (QED) is 0.750. The lowest BCUT2D eigenvalue weighted by molar-refractivity contribution is 0.0873. The fourth-order valence-corrected chi connectivity index (χ4v) is 2.79. The topological polar surface area (TPSA) is 21.3 Å². The minimum Gasteiger partial charge on any atom is -0.378 e. The summed E-state index contributed by atoms with van der Waals surface area (Å²) in [6.45, 7) is 4.53. The molecule has 3 unspecified atom stereocenters. The molecule has 2 nitrogen and oxygen atoms in total. The van der Waals surface area contributed by atoms with Gasteiger partial charge >= 0.3 is 0 Å². The van der Waals surface area contributed by atoms with Crippen molar-refractivity contribution in [2.45, 2.75) is 57.6 Å². The number of piperidine rings is 1. The van der Waals surface area contributed by atoms with E-state index in [1.165, 1.54) is 45.1 Å². The van der Waals surface area contributed by atoms with Crippen molar-refractivity contribution in [2.75, 3.05) is 13.2 Å². The van der Waals surface area contributed by atoms with E-state index in [-0.39, 0.29) is 0 Å². The first-order valence-electron chi connectivity index (χ1n) is 6.23. The number of nitrogens with one attached hydrogen (secondary N) is 1. The highest BCUT2D eigenvalue weighted by Gasteiger charge is 2.25. The predicted octanol–water partition coefficient (Wildman–Crippen LogP) is 2.33. The molecular formula is C12H23NO. The van der Waals surface area contributed by atoms with Gasteiger partial charge < -0.3 is 10.1 Å². The van der Waals surface area contributed by atoms with Gasteiger partial charge in [0.15, 0.2) is 0 Å². The zero-order valence-electron chi connectivity index (χ0n) is 9.30. The average Bonchev–Trinajstić information content (AvgIpc) is 2.71. The minimum atomic E-state index is 0.558. The fraction of sp³-hybridized carbons (Fsp3) is 1.00. The van der Waals surface area contributed by atoms with Crippen molar-refractivity contribution in [3.63, 3.8) is 0 Å². The van der Waals surface area contributed by atoms with Gasteiger partial charge in [0.25, 0.3) is 0 Å². The summed E-state index contributed by atoms with van der Waals surface area (Å²) in [6.07, 6.45) is 8.46. The first-order chi connectivity index (χ1) is 6.88. The average molecular weight is 197 g/mol. The summed E-state index contributed by atoms with van der Waals surface area (Å²) < 4.78 is 5.68. The molecule has 2 aliphatic heterocycles. The van der Waals surface area contributed by atoms with Crippen molar-refractivity contribution < 1.29 is 4.74 Å². The SMILES string of the molecule is CCC1CCNC(CC2CCCO2)C1. The van der Waals surface area contributed by atoms with Crippen molar-refractivity contribution in [3.05, 3.63) is 0 Å². The van der Waals surface area contributed by atoms with Crippen LogP contribution in [-0.2, 0) is 4.74 Å². The number of ether oxygens (including phenoxy) is 1. The van der Waals surface area contributed by atoms with Crippen LogP contribution in [0.15, 0.2) is 0 Å². The molecule has 2 saturated heterocycles. The molecule has 0 aromatic carbocycles. The van der Waals surface area contributed by atoms with Gasteiger partial charge in [0.05, 0.1) is 6.10 Å². The first kappa shape index (κ1) is 10.4. The first-order valence-corrected chi connectivity index (χ1v) is 6.23. The van der Waals surface area contributed by atoms with Crippen LogP contribution in [0.25, 0.3) is 0 Å². The zero-order chi connectivity index (χ0) is 9.80. The van der Waals surface area contributed by atoms with Gasteiger partial charge in [-0.15, -0.1) is 0 Å². The van der Waals surface area contributed by atoms with Gasteiger partial charge in [-0.2, -0.15) is 0 Å². The number of rotatable bonds is 3. The molecule has 2 heterocycles. The van der Waals surface area contributed by atoms with Crippen LogP contribution in [0.5, 0.6) is 0 Å². The van der Waals surface area contributed by atoms with E-state index in [9.17, 15) is 0 Å². The van der Waals surface area contributed by atoms with Crippen LogP contribution in [0, 0.1) is 5.92 Å². The molecule has 0 bridgehead atoms. The normalized spacial score (nSPS) is 38.8. The standard InChI is InChI=1S/C12H23NO/c1-2-10-5-6-13-11(8-10)9-12-4-3-7-14-12/h10-13H,2-9H2,1H3. The van der Waals surface area contributed by atoms with Gasteiger partial charge in [-0.3, -0.25) is 0 Å². The maximum atomic E-state index is 5.68. The van der Waals surface area contributed by atoms with E-state index in [2.05, 4.69) is 12.2 Å². The van der Waals surface area contributed by atoms with Gasteiger partial charge in [0.1, 0.15) is 0 Å². The van der Waals surface area contributed by atoms with Crippen molar-refractivity contribution >= 4 is 0 Å². The largest absolute Gasteiger partial charge is 0.378 e. The summed E-state index contributed by atoms with van der Waals surface area (Å²) in [7, 11) is 0. The minimum absolute atomic E-state index is 0.558. The number of hydrogen-bond donors (Lipinski definition) is 1. The van der Waals surface area contributed by atoms with Crippen LogP contribution >= 0.6 is 0 Å². The Bertz CT molecular complexity index is 166. The molecule has 14 heavy (non-hydrogen) atoms. The summed E-state index contributed by atoms with van der Waals surface area (Å²) in [5.74, 6) is 0.961. The molecular weight excluding hydrogens is 174 g/mol. The molecule has 2 rings (SSSR count). The molecule has 2 fully saturated rings. The molecule has 0 spiro atoms. The Balaban J connectivity index is 1.73. The maximum Gasteiger partial charge on any atom is 0.0590 e. The molecule has 0 saturated carbocycles. The Morgan fingerprint density at radius 3 is 3.00 bits per heavy atom. The third-order valence-corrected chi connectivity index (χ3v) is 3.75. The van der Waals surface area contributed by atoms with E-state index in [1.807, 2.05) is 0 Å². The summed E-state index contributed by atoms with van der Waals surface area (Å²) in [6, 6.07) is 0.733. The molecule has 2 aliphatic rings. The van der Waals surface area contributed by atoms with Crippen molar-refractivity contribution in [1.82, 2.24) is 5.32 Å². The second-order valence-corrected chi connectivity index (χ2v) is 4.82. The van der Waals surface area contributed by atoms with E-state index in [1.54, 1.807) is 0 Å².